The summed E-state index contributed by atoms with van der Waals surface area (Å²) < 4.78 is 18.6. The van der Waals surface area contributed by atoms with Crippen molar-refractivity contribution in [2.45, 2.75) is 26.0 Å². The van der Waals surface area contributed by atoms with Crippen LogP contribution >= 0.6 is 0 Å². The third-order valence-electron chi connectivity index (χ3n) is 5.53. The molecule has 0 radical (unpaired) electrons. The van der Waals surface area contributed by atoms with E-state index in [0.29, 0.717) is 43.8 Å². The fourth-order valence-corrected chi connectivity index (χ4v) is 4.94. The highest BCUT2D eigenvalue weighted by Gasteiger charge is 2.33. The maximum Gasteiger partial charge on any atom is 0.272 e. The van der Waals surface area contributed by atoms with Gasteiger partial charge in [-0.25, -0.2) is 15.0 Å². The van der Waals surface area contributed by atoms with Gasteiger partial charge in [0.25, 0.3) is 5.91 Å². The quantitative estimate of drug-likeness (QED) is 0.630. The van der Waals surface area contributed by atoms with E-state index in [1.807, 2.05) is 38.1 Å². The van der Waals surface area contributed by atoms with Crippen LogP contribution < -0.4 is 4.90 Å². The maximum absolute atomic E-state index is 12.7. The highest BCUT2D eigenvalue weighted by molar-refractivity contribution is 7.92. The smallest absolute Gasteiger partial charge is 0.272 e. The van der Waals surface area contributed by atoms with E-state index in [1.54, 1.807) is 23.4 Å². The number of piperazine rings is 1. The van der Waals surface area contributed by atoms with Gasteiger partial charge in [0.15, 0.2) is 5.75 Å². The van der Waals surface area contributed by atoms with Crippen LogP contribution in [0.2, 0.25) is 0 Å². The first-order valence-corrected chi connectivity index (χ1v) is 11.9. The molecule has 2 aliphatic rings. The van der Waals surface area contributed by atoms with Crippen LogP contribution in [0, 0.1) is 6.92 Å². The molecule has 3 unspecified atom stereocenters. The summed E-state index contributed by atoms with van der Waals surface area (Å²) in [6.45, 7) is 6.45. The van der Waals surface area contributed by atoms with Crippen molar-refractivity contribution >= 4 is 28.9 Å². The van der Waals surface area contributed by atoms with Gasteiger partial charge in [0, 0.05) is 44.1 Å². The zero-order valence-electron chi connectivity index (χ0n) is 17.8. The van der Waals surface area contributed by atoms with Crippen LogP contribution in [-0.4, -0.2) is 81.1 Å². The molecule has 31 heavy (non-hydrogen) atoms. The molecule has 1 aromatic heterocycles. The Morgan fingerprint density at radius 2 is 1.84 bits per heavy atom. The Bertz CT molecular complexity index is 917. The van der Waals surface area contributed by atoms with E-state index in [9.17, 15) is 9.35 Å². The minimum atomic E-state index is -1.30. The monoisotopic (exact) mass is 441 g/mol. The molecule has 164 valence electrons. The molecule has 3 heterocycles. The Morgan fingerprint density at radius 3 is 2.52 bits per heavy atom. The number of hydrogen-bond acceptors (Lipinski definition) is 7. The summed E-state index contributed by atoms with van der Waals surface area (Å²) in [6, 6.07) is 9.55. The maximum atomic E-state index is 12.7. The van der Waals surface area contributed by atoms with E-state index in [2.05, 4.69) is 19.9 Å². The van der Waals surface area contributed by atoms with Crippen molar-refractivity contribution in [3.63, 3.8) is 0 Å². The molecule has 1 fully saturated rings. The number of amides is 1. The lowest BCUT2D eigenvalue weighted by Gasteiger charge is -2.34. The van der Waals surface area contributed by atoms with Gasteiger partial charge in [-0.1, -0.05) is 17.7 Å². The van der Waals surface area contributed by atoms with Crippen LogP contribution in [0.5, 0.6) is 0 Å². The van der Waals surface area contributed by atoms with Crippen molar-refractivity contribution in [2.75, 3.05) is 42.6 Å². The SMILES string of the molecule is Cc1ccc(C2=NC(C[S+]([O-])CC(=O)N3CCN(c4ncccn4)CC3)C(C)O2)cc1. The summed E-state index contributed by atoms with van der Waals surface area (Å²) in [6.07, 6.45) is 3.26. The first-order chi connectivity index (χ1) is 15.0. The molecule has 1 saturated heterocycles. The summed E-state index contributed by atoms with van der Waals surface area (Å²) in [5.41, 5.74) is 2.09. The Labute approximate surface area is 185 Å². The number of hydrogen-bond donors (Lipinski definition) is 0. The highest BCUT2D eigenvalue weighted by atomic mass is 32.2. The van der Waals surface area contributed by atoms with Crippen LogP contribution in [0.1, 0.15) is 18.1 Å². The molecule has 1 aromatic carbocycles. The third kappa shape index (κ3) is 5.34. The normalized spacial score (nSPS) is 22.1. The molecular formula is C22H27N5O3S. The van der Waals surface area contributed by atoms with E-state index < -0.39 is 11.2 Å². The van der Waals surface area contributed by atoms with Crippen molar-refractivity contribution in [1.29, 1.82) is 0 Å². The number of aryl methyl sites for hydroxylation is 1. The molecule has 9 heteroatoms. The Balaban J connectivity index is 1.27. The predicted octanol–water partition coefficient (Wildman–Crippen LogP) is 1.42. The number of carbonyl (C=O) groups is 1. The molecule has 0 N–H and O–H groups in total. The van der Waals surface area contributed by atoms with E-state index >= 15 is 0 Å². The minimum Gasteiger partial charge on any atom is -0.616 e. The van der Waals surface area contributed by atoms with E-state index in [1.165, 1.54) is 5.56 Å². The standard InChI is InChI=1S/C22H27N5O3S/c1-16-4-6-18(7-5-16)21-25-19(17(2)30-21)14-31(29)15-20(28)26-10-12-27(13-11-26)22-23-8-3-9-24-22/h3-9,17,19H,10-15H2,1-2H3. The predicted molar refractivity (Wildman–Crippen MR) is 121 cm³/mol. The largest absolute Gasteiger partial charge is 0.616 e. The zero-order chi connectivity index (χ0) is 21.8. The molecule has 2 aliphatic heterocycles. The molecule has 0 saturated carbocycles. The number of nitrogens with zero attached hydrogens (tertiary/aromatic N) is 5. The second kappa shape index (κ2) is 9.65. The van der Waals surface area contributed by atoms with Crippen LogP contribution in [0.4, 0.5) is 5.95 Å². The van der Waals surface area contributed by atoms with E-state index in [0.717, 1.165) is 5.56 Å². The lowest BCUT2D eigenvalue weighted by molar-refractivity contribution is -0.128. The van der Waals surface area contributed by atoms with Gasteiger partial charge >= 0.3 is 0 Å². The first kappa shape index (κ1) is 21.6. The molecular weight excluding hydrogens is 414 g/mol. The van der Waals surface area contributed by atoms with Crippen LogP contribution in [0.15, 0.2) is 47.7 Å². The molecule has 3 atom stereocenters. The van der Waals surface area contributed by atoms with Gasteiger partial charge in [0.2, 0.25) is 11.8 Å². The van der Waals surface area contributed by atoms with E-state index in [-0.39, 0.29) is 23.8 Å². The topological polar surface area (TPSA) is 94.0 Å². The zero-order valence-corrected chi connectivity index (χ0v) is 18.6. The number of benzene rings is 1. The van der Waals surface area contributed by atoms with Gasteiger partial charge in [-0.2, -0.15) is 0 Å². The number of carbonyl (C=O) groups excluding carboxylic acids is 1. The second-order valence-corrected chi connectivity index (χ2v) is 9.36. The van der Waals surface area contributed by atoms with Gasteiger partial charge in [-0.15, -0.1) is 0 Å². The van der Waals surface area contributed by atoms with Gasteiger partial charge in [-0.05, 0) is 43.2 Å². The molecule has 8 nitrogen and oxygen atoms in total. The lowest BCUT2D eigenvalue weighted by Crippen LogP contribution is -2.51. The number of rotatable bonds is 6. The second-order valence-electron chi connectivity index (χ2n) is 7.86. The van der Waals surface area contributed by atoms with Crippen molar-refractivity contribution in [3.8, 4) is 0 Å². The molecule has 2 aromatic rings. The molecule has 0 aliphatic carbocycles. The molecule has 1 amide bonds. The lowest BCUT2D eigenvalue weighted by atomic mass is 10.1. The number of ether oxygens (including phenoxy) is 1. The fourth-order valence-electron chi connectivity index (χ4n) is 3.64. The highest BCUT2D eigenvalue weighted by Crippen LogP contribution is 2.20. The van der Waals surface area contributed by atoms with Crippen LogP contribution in [0.25, 0.3) is 0 Å². The minimum absolute atomic E-state index is 0.0143. The van der Waals surface area contributed by atoms with Gasteiger partial charge in [-0.3, -0.25) is 4.79 Å². The van der Waals surface area contributed by atoms with E-state index in [4.69, 9.17) is 4.74 Å². The number of aliphatic imine (C=N–C) groups is 1. The molecule has 0 spiro atoms. The summed E-state index contributed by atoms with van der Waals surface area (Å²) in [5.74, 6) is 1.51. The van der Waals surface area contributed by atoms with Crippen LogP contribution in [-0.2, 0) is 20.7 Å². The summed E-state index contributed by atoms with van der Waals surface area (Å²) in [5, 5.41) is 0. The van der Waals surface area contributed by atoms with Crippen molar-refractivity contribution in [1.82, 2.24) is 14.9 Å². The Hall–Kier alpha value is -2.65. The van der Waals surface area contributed by atoms with Gasteiger partial charge in [0.05, 0.1) is 0 Å². The summed E-state index contributed by atoms with van der Waals surface area (Å²) in [7, 11) is 0. The number of aromatic nitrogens is 2. The molecule has 4 rings (SSSR count). The number of anilines is 1. The van der Waals surface area contributed by atoms with Gasteiger partial charge < -0.3 is 19.1 Å². The first-order valence-electron chi connectivity index (χ1n) is 10.5. The summed E-state index contributed by atoms with van der Waals surface area (Å²) in [4.78, 5) is 29.6. The summed E-state index contributed by atoms with van der Waals surface area (Å²) >= 11 is -1.30. The Kier molecular flexibility index (Phi) is 6.72. The van der Waals surface area contributed by atoms with Crippen LogP contribution in [0.3, 0.4) is 0 Å². The Morgan fingerprint density at radius 1 is 1.16 bits per heavy atom. The average molecular weight is 442 g/mol. The average Bonchev–Trinajstić information content (AvgIpc) is 3.15. The van der Waals surface area contributed by atoms with Crippen molar-refractivity contribution in [2.24, 2.45) is 4.99 Å². The van der Waals surface area contributed by atoms with Crippen molar-refractivity contribution in [3.05, 3.63) is 53.9 Å². The molecule has 0 bridgehead atoms. The fraction of sp³-hybridized carbons (Fsp3) is 0.455. The van der Waals surface area contributed by atoms with Gasteiger partial charge in [0.1, 0.15) is 17.9 Å². The van der Waals surface area contributed by atoms with Crippen molar-refractivity contribution < 1.29 is 14.1 Å². The third-order valence-corrected chi connectivity index (χ3v) is 6.81.